The smallest absolute Gasteiger partial charge is 0.289 e. The van der Waals surface area contributed by atoms with Crippen molar-refractivity contribution in [3.8, 4) is 0 Å². The lowest BCUT2D eigenvalue weighted by Gasteiger charge is -2.37. The Bertz CT molecular complexity index is 693. The molecular weight excluding hydrogens is 330 g/mol. The molecule has 24 heavy (non-hydrogen) atoms. The van der Waals surface area contributed by atoms with Gasteiger partial charge < -0.3 is 5.32 Å². The highest BCUT2D eigenvalue weighted by Crippen LogP contribution is 2.33. The van der Waals surface area contributed by atoms with Gasteiger partial charge in [0.25, 0.3) is 5.69 Å². The number of sulfonamides is 1. The molecule has 2 saturated heterocycles. The van der Waals surface area contributed by atoms with Crippen molar-refractivity contribution in [3.63, 3.8) is 0 Å². The van der Waals surface area contributed by atoms with Crippen molar-refractivity contribution < 1.29 is 13.3 Å². The van der Waals surface area contributed by atoms with Crippen LogP contribution in [-0.2, 0) is 10.0 Å². The maximum atomic E-state index is 12.8. The molecule has 2 aliphatic rings. The van der Waals surface area contributed by atoms with Gasteiger partial charge in [0.05, 0.1) is 4.92 Å². The summed E-state index contributed by atoms with van der Waals surface area (Å²) in [6.45, 7) is 2.97. The number of hydrogen-bond donors (Lipinski definition) is 1. The lowest BCUT2D eigenvalue weighted by molar-refractivity contribution is -0.387. The minimum atomic E-state index is -3.82. The molecule has 7 nitrogen and oxygen atoms in total. The summed E-state index contributed by atoms with van der Waals surface area (Å²) in [6, 6.07) is 5.58. The lowest BCUT2D eigenvalue weighted by atomic mass is 9.81. The fourth-order valence-electron chi connectivity index (χ4n) is 3.83. The van der Waals surface area contributed by atoms with Gasteiger partial charge in [-0.25, -0.2) is 8.42 Å². The van der Waals surface area contributed by atoms with E-state index in [0.717, 1.165) is 25.9 Å². The maximum Gasteiger partial charge on any atom is 0.289 e. The Morgan fingerprint density at radius 3 is 2.46 bits per heavy atom. The standard InChI is InChI=1S/C16H23N3O4S/c20-19(21)15-5-1-2-6-16(15)24(22,23)18-10-7-13(8-11-18)14-4-3-9-17-12-14/h1-2,5-6,13-14,17H,3-4,7-12H2. The molecule has 1 unspecified atom stereocenters. The first kappa shape index (κ1) is 17.3. The summed E-state index contributed by atoms with van der Waals surface area (Å²) >= 11 is 0. The fourth-order valence-corrected chi connectivity index (χ4v) is 5.46. The number of rotatable bonds is 4. The van der Waals surface area contributed by atoms with Gasteiger partial charge in [0.15, 0.2) is 4.90 Å². The van der Waals surface area contributed by atoms with Crippen molar-refractivity contribution in [2.24, 2.45) is 11.8 Å². The summed E-state index contributed by atoms with van der Waals surface area (Å²) in [6.07, 6.45) is 4.03. The van der Waals surface area contributed by atoms with Gasteiger partial charge >= 0.3 is 0 Å². The van der Waals surface area contributed by atoms with Crippen LogP contribution in [0, 0.1) is 22.0 Å². The SMILES string of the molecule is O=[N+]([O-])c1ccccc1S(=O)(=O)N1CCC(C2CCCNC2)CC1. The summed E-state index contributed by atoms with van der Waals surface area (Å²) in [5, 5.41) is 14.5. The van der Waals surface area contributed by atoms with Crippen LogP contribution in [0.15, 0.2) is 29.2 Å². The van der Waals surface area contributed by atoms with Crippen LogP contribution in [0.4, 0.5) is 5.69 Å². The zero-order chi connectivity index (χ0) is 17.2. The van der Waals surface area contributed by atoms with Crippen molar-refractivity contribution in [1.29, 1.82) is 0 Å². The van der Waals surface area contributed by atoms with Gasteiger partial charge in [-0.1, -0.05) is 12.1 Å². The van der Waals surface area contributed by atoms with E-state index in [1.54, 1.807) is 0 Å². The molecule has 2 heterocycles. The molecule has 3 rings (SSSR count). The minimum absolute atomic E-state index is 0.201. The molecule has 0 spiro atoms. The average Bonchev–Trinajstić information content (AvgIpc) is 2.62. The summed E-state index contributed by atoms with van der Waals surface area (Å²) < 4.78 is 27.0. The Labute approximate surface area is 142 Å². The Balaban J connectivity index is 1.72. The number of hydrogen-bond acceptors (Lipinski definition) is 5. The highest BCUT2D eigenvalue weighted by Gasteiger charge is 2.35. The molecule has 0 radical (unpaired) electrons. The average molecular weight is 353 g/mol. The number of nitrogens with one attached hydrogen (secondary N) is 1. The maximum absolute atomic E-state index is 12.8. The van der Waals surface area contributed by atoms with Crippen LogP contribution in [-0.4, -0.2) is 43.8 Å². The summed E-state index contributed by atoms with van der Waals surface area (Å²) in [5.74, 6) is 1.16. The van der Waals surface area contributed by atoms with Crippen LogP contribution in [0.2, 0.25) is 0 Å². The molecule has 1 atom stereocenters. The molecular formula is C16H23N3O4S. The number of benzene rings is 1. The molecule has 1 N–H and O–H groups in total. The summed E-state index contributed by atoms with van der Waals surface area (Å²) in [5.41, 5.74) is -0.351. The number of nitrogens with zero attached hydrogens (tertiary/aromatic N) is 2. The summed E-state index contributed by atoms with van der Waals surface area (Å²) in [7, 11) is -3.82. The van der Waals surface area contributed by atoms with E-state index in [-0.39, 0.29) is 10.6 Å². The topological polar surface area (TPSA) is 92.5 Å². The molecule has 0 bridgehead atoms. The van der Waals surface area contributed by atoms with Crippen molar-refractivity contribution >= 4 is 15.7 Å². The monoisotopic (exact) mass is 353 g/mol. The molecule has 1 aromatic rings. The third-order valence-corrected chi connectivity index (χ3v) is 7.13. The molecule has 0 amide bonds. The molecule has 0 saturated carbocycles. The van der Waals surface area contributed by atoms with Gasteiger partial charge in [-0.15, -0.1) is 0 Å². The van der Waals surface area contributed by atoms with Crippen molar-refractivity contribution in [2.45, 2.75) is 30.6 Å². The molecule has 2 fully saturated rings. The molecule has 132 valence electrons. The number of nitro groups is 1. The second kappa shape index (κ2) is 7.16. The van der Waals surface area contributed by atoms with Crippen molar-refractivity contribution in [1.82, 2.24) is 9.62 Å². The van der Waals surface area contributed by atoms with Crippen molar-refractivity contribution in [3.05, 3.63) is 34.4 Å². The molecule has 0 aliphatic carbocycles. The Hall–Kier alpha value is -1.51. The first-order valence-corrected chi connectivity index (χ1v) is 9.88. The highest BCUT2D eigenvalue weighted by atomic mass is 32.2. The van der Waals surface area contributed by atoms with Crippen molar-refractivity contribution in [2.75, 3.05) is 26.2 Å². The Kier molecular flexibility index (Phi) is 5.17. The second-order valence-electron chi connectivity index (χ2n) is 6.57. The van der Waals surface area contributed by atoms with E-state index in [4.69, 9.17) is 0 Å². The largest absolute Gasteiger partial charge is 0.316 e. The van der Waals surface area contributed by atoms with E-state index in [9.17, 15) is 18.5 Å². The number of piperidine rings is 2. The highest BCUT2D eigenvalue weighted by molar-refractivity contribution is 7.89. The fraction of sp³-hybridized carbons (Fsp3) is 0.625. The third-order valence-electron chi connectivity index (χ3n) is 5.18. The van der Waals surface area contributed by atoms with Crippen LogP contribution < -0.4 is 5.32 Å². The quantitative estimate of drug-likeness (QED) is 0.660. The normalized spacial score (nSPS) is 23.9. The van der Waals surface area contributed by atoms with E-state index in [1.807, 2.05) is 0 Å². The van der Waals surface area contributed by atoms with Crippen LogP contribution >= 0.6 is 0 Å². The predicted octanol–water partition coefficient (Wildman–Crippen LogP) is 2.00. The van der Waals surface area contributed by atoms with Gasteiger partial charge in [-0.2, -0.15) is 4.31 Å². The van der Waals surface area contributed by atoms with Gasteiger partial charge in [-0.05, 0) is 56.7 Å². The first-order valence-electron chi connectivity index (χ1n) is 8.44. The van der Waals surface area contributed by atoms with Crippen LogP contribution in [0.25, 0.3) is 0 Å². The van der Waals surface area contributed by atoms with Gasteiger partial charge in [-0.3, -0.25) is 10.1 Å². The van der Waals surface area contributed by atoms with E-state index >= 15 is 0 Å². The zero-order valence-electron chi connectivity index (χ0n) is 13.6. The van der Waals surface area contributed by atoms with Gasteiger partial charge in [0, 0.05) is 19.2 Å². The molecule has 8 heteroatoms. The molecule has 1 aromatic carbocycles. The van der Waals surface area contributed by atoms with E-state index in [1.165, 1.54) is 41.4 Å². The number of nitro benzene ring substituents is 1. The van der Waals surface area contributed by atoms with E-state index in [2.05, 4.69) is 5.32 Å². The van der Waals surface area contributed by atoms with E-state index in [0.29, 0.717) is 24.9 Å². The summed E-state index contributed by atoms with van der Waals surface area (Å²) in [4.78, 5) is 10.3. The predicted molar refractivity (Wildman–Crippen MR) is 90.2 cm³/mol. The number of para-hydroxylation sites is 1. The van der Waals surface area contributed by atoms with Gasteiger partial charge in [0.1, 0.15) is 0 Å². The zero-order valence-corrected chi connectivity index (χ0v) is 14.4. The van der Waals surface area contributed by atoms with Crippen LogP contribution in [0.3, 0.4) is 0 Å². The third kappa shape index (κ3) is 3.45. The Morgan fingerprint density at radius 1 is 1.12 bits per heavy atom. The van der Waals surface area contributed by atoms with Crippen LogP contribution in [0.5, 0.6) is 0 Å². The molecule has 2 aliphatic heterocycles. The van der Waals surface area contributed by atoms with E-state index < -0.39 is 14.9 Å². The van der Waals surface area contributed by atoms with Gasteiger partial charge in [0.2, 0.25) is 10.0 Å². The first-order chi connectivity index (χ1) is 11.5. The minimum Gasteiger partial charge on any atom is -0.316 e. The lowest BCUT2D eigenvalue weighted by Crippen LogP contribution is -2.43. The molecule has 0 aromatic heterocycles. The van der Waals surface area contributed by atoms with Crippen LogP contribution in [0.1, 0.15) is 25.7 Å². The Morgan fingerprint density at radius 2 is 1.83 bits per heavy atom. The second-order valence-corrected chi connectivity index (χ2v) is 8.48.